The average molecular weight is 878 g/mol. The van der Waals surface area contributed by atoms with Crippen molar-refractivity contribution in [2.24, 2.45) is 0 Å². The lowest BCUT2D eigenvalue weighted by Crippen LogP contribution is -2.61. The van der Waals surface area contributed by atoms with E-state index < -0.39 is 5.41 Å². The minimum absolute atomic E-state index is 0.00126. The molecule has 0 amide bonds. The van der Waals surface area contributed by atoms with Gasteiger partial charge < -0.3 is 9.32 Å². The van der Waals surface area contributed by atoms with E-state index in [-0.39, 0.29) is 28.4 Å². The predicted octanol–water partition coefficient (Wildman–Crippen LogP) is 14.3. The molecule has 0 bridgehead atoms. The van der Waals surface area contributed by atoms with Gasteiger partial charge in [0.1, 0.15) is 5.66 Å². The van der Waals surface area contributed by atoms with Gasteiger partial charge >= 0.3 is 0 Å². The lowest BCUT2D eigenvalue weighted by molar-refractivity contribution is 0.405. The molecule has 8 aromatic rings. The summed E-state index contributed by atoms with van der Waals surface area (Å²) >= 11 is 0. The van der Waals surface area contributed by atoms with Crippen molar-refractivity contribution in [3.8, 4) is 0 Å². The summed E-state index contributed by atoms with van der Waals surface area (Å²) in [6, 6.07) is 63.8. The normalized spacial score (nSPS) is 13.9. The predicted molar refractivity (Wildman–Crippen MR) is 284 cm³/mol. The van der Waals surface area contributed by atoms with Crippen molar-refractivity contribution in [1.82, 2.24) is 4.98 Å². The van der Waals surface area contributed by atoms with Crippen LogP contribution >= 0.6 is 0 Å². The zero-order chi connectivity index (χ0) is 47.3. The zero-order valence-electron chi connectivity index (χ0n) is 41.5. The fraction of sp³-hybridized carbons (Fsp3) is 0.274. The number of nitrogens with zero attached hydrogens (tertiary/aromatic N) is 3. The van der Waals surface area contributed by atoms with Crippen molar-refractivity contribution in [1.29, 1.82) is 0 Å². The van der Waals surface area contributed by atoms with Gasteiger partial charge in [-0.3, -0.25) is 4.90 Å². The highest BCUT2D eigenvalue weighted by atomic mass is 16.4. The second kappa shape index (κ2) is 15.8. The van der Waals surface area contributed by atoms with E-state index in [4.69, 9.17) is 9.40 Å². The third-order valence-electron chi connectivity index (χ3n) is 14.1. The van der Waals surface area contributed by atoms with Crippen molar-refractivity contribution < 1.29 is 4.42 Å². The van der Waals surface area contributed by atoms with Gasteiger partial charge in [0.25, 0.3) is 6.71 Å². The van der Waals surface area contributed by atoms with Crippen molar-refractivity contribution in [3.63, 3.8) is 0 Å². The minimum atomic E-state index is -0.717. The Morgan fingerprint density at radius 3 is 1.24 bits per heavy atom. The standard InChI is InChI=1S/C62H64BN3O/c1-58(2,3)41-28-33-48(34-29-41)65-51-37-32-46(60(7,8)9)38-50(51)63-54-52(65)39-47(62(43-22-16-13-17-23-43,44-24-18-14-19-25-44)45-26-20-15-21-27-45)40-53(54)66(49-35-30-42(31-36-49)59(4,5)6)56-55(63)67-57(64-56)61(10,11)12/h13-40H,1-12H3. The molecule has 2 aliphatic rings. The summed E-state index contributed by atoms with van der Waals surface area (Å²) in [6.07, 6.45) is 0. The molecular formula is C62H64BN3O. The van der Waals surface area contributed by atoms with Gasteiger partial charge in [-0.2, -0.15) is 4.98 Å². The molecule has 3 heterocycles. The van der Waals surface area contributed by atoms with Gasteiger partial charge in [0.15, 0.2) is 5.82 Å². The third kappa shape index (κ3) is 7.42. The van der Waals surface area contributed by atoms with Gasteiger partial charge in [0.05, 0.1) is 5.41 Å². The monoisotopic (exact) mass is 878 g/mol. The number of hydrogen-bond donors (Lipinski definition) is 0. The van der Waals surface area contributed by atoms with Crippen LogP contribution in [0.5, 0.6) is 0 Å². The van der Waals surface area contributed by atoms with Crippen LogP contribution in [0.2, 0.25) is 0 Å². The van der Waals surface area contributed by atoms with Crippen molar-refractivity contribution >= 4 is 57.6 Å². The maximum absolute atomic E-state index is 7.26. The molecule has 0 saturated carbocycles. The minimum Gasteiger partial charge on any atom is -0.452 e. The van der Waals surface area contributed by atoms with Crippen molar-refractivity contribution in [3.05, 3.63) is 215 Å². The number of oxazole rings is 1. The third-order valence-corrected chi connectivity index (χ3v) is 14.1. The van der Waals surface area contributed by atoms with Gasteiger partial charge in [-0.05, 0) is 109 Å². The molecule has 336 valence electrons. The number of anilines is 6. The van der Waals surface area contributed by atoms with E-state index in [1.54, 1.807) is 0 Å². The van der Waals surface area contributed by atoms with Crippen LogP contribution in [-0.4, -0.2) is 11.7 Å². The van der Waals surface area contributed by atoms with Gasteiger partial charge in [-0.1, -0.05) is 210 Å². The highest BCUT2D eigenvalue weighted by Gasteiger charge is 2.50. The van der Waals surface area contributed by atoms with Crippen LogP contribution in [0, 0.1) is 0 Å². The number of fused-ring (bicyclic) bond motifs is 4. The SMILES string of the molecule is CC(C)(C)c1ccc(N2c3ccc(C(C)(C)C)cc3B3c4oc(C(C)(C)C)nc4N(c4ccc(C(C)(C)C)cc4)c4cc(C(c5ccccc5)(c5ccccc5)c5ccccc5)cc2c43)cc1. The average Bonchev–Trinajstić information content (AvgIpc) is 3.76. The molecule has 0 fully saturated rings. The second-order valence-corrected chi connectivity index (χ2v) is 23.0. The first-order valence-corrected chi connectivity index (χ1v) is 24.1. The van der Waals surface area contributed by atoms with E-state index in [0.717, 1.165) is 51.4 Å². The Kier molecular flexibility index (Phi) is 10.4. The van der Waals surface area contributed by atoms with Crippen LogP contribution in [0.3, 0.4) is 0 Å². The van der Waals surface area contributed by atoms with Crippen LogP contribution < -0.4 is 26.4 Å². The fourth-order valence-electron chi connectivity index (χ4n) is 10.5. The van der Waals surface area contributed by atoms with Crippen LogP contribution in [0.4, 0.5) is 34.3 Å². The Morgan fingerprint density at radius 1 is 0.388 bits per heavy atom. The van der Waals surface area contributed by atoms with Gasteiger partial charge in [0, 0.05) is 33.9 Å². The molecule has 0 spiro atoms. The summed E-state index contributed by atoms with van der Waals surface area (Å²) in [7, 11) is 0. The highest BCUT2D eigenvalue weighted by molar-refractivity contribution is 6.99. The maximum Gasteiger partial charge on any atom is 0.299 e. The molecular weight excluding hydrogens is 814 g/mol. The Morgan fingerprint density at radius 2 is 0.806 bits per heavy atom. The Bertz CT molecular complexity index is 2990. The number of aromatic nitrogens is 1. The summed E-state index contributed by atoms with van der Waals surface area (Å²) in [4.78, 5) is 10.5. The first-order chi connectivity index (χ1) is 31.8. The van der Waals surface area contributed by atoms with Crippen molar-refractivity contribution in [2.45, 2.75) is 110 Å². The van der Waals surface area contributed by atoms with E-state index in [1.807, 2.05) is 0 Å². The molecule has 0 saturated heterocycles. The largest absolute Gasteiger partial charge is 0.452 e. The fourth-order valence-corrected chi connectivity index (χ4v) is 10.5. The Balaban J connectivity index is 1.40. The van der Waals surface area contributed by atoms with E-state index in [2.05, 4.69) is 263 Å². The first kappa shape index (κ1) is 44.3. The molecule has 0 radical (unpaired) electrons. The van der Waals surface area contributed by atoms with Gasteiger partial charge in [0.2, 0.25) is 5.89 Å². The summed E-state index contributed by atoms with van der Waals surface area (Å²) < 4.78 is 7.26. The Labute approximate surface area is 399 Å². The van der Waals surface area contributed by atoms with E-state index >= 15 is 0 Å². The molecule has 67 heavy (non-hydrogen) atoms. The molecule has 0 aliphatic carbocycles. The van der Waals surface area contributed by atoms with Crippen LogP contribution in [-0.2, 0) is 27.1 Å². The smallest absolute Gasteiger partial charge is 0.299 e. The molecule has 2 aliphatic heterocycles. The highest BCUT2D eigenvalue weighted by Crippen LogP contribution is 2.51. The zero-order valence-corrected chi connectivity index (χ0v) is 41.5. The van der Waals surface area contributed by atoms with Crippen molar-refractivity contribution in [2.75, 3.05) is 9.80 Å². The molecule has 0 unspecified atom stereocenters. The molecule has 5 heteroatoms. The summed E-state index contributed by atoms with van der Waals surface area (Å²) in [5.41, 5.74) is 16.3. The number of benzene rings is 7. The van der Waals surface area contributed by atoms with Gasteiger partial charge in [-0.15, -0.1) is 0 Å². The quantitative estimate of drug-likeness (QED) is 0.123. The van der Waals surface area contributed by atoms with Crippen LogP contribution in [0.1, 0.15) is 128 Å². The molecule has 10 rings (SSSR count). The van der Waals surface area contributed by atoms with E-state index in [0.29, 0.717) is 0 Å². The lowest BCUT2D eigenvalue weighted by atomic mass is 9.35. The lowest BCUT2D eigenvalue weighted by Gasteiger charge is -2.44. The van der Waals surface area contributed by atoms with Crippen LogP contribution in [0.25, 0.3) is 0 Å². The van der Waals surface area contributed by atoms with Crippen LogP contribution in [0.15, 0.2) is 174 Å². The molecule has 7 aromatic carbocycles. The molecule has 4 nitrogen and oxygen atoms in total. The van der Waals surface area contributed by atoms with E-state index in [1.165, 1.54) is 44.3 Å². The molecule has 0 atom stereocenters. The molecule has 1 aromatic heterocycles. The Hall–Kier alpha value is -6.59. The summed E-state index contributed by atoms with van der Waals surface area (Å²) in [5.74, 6) is 1.57. The second-order valence-electron chi connectivity index (χ2n) is 23.0. The van der Waals surface area contributed by atoms with E-state index in [9.17, 15) is 0 Å². The number of rotatable bonds is 6. The molecule has 0 N–H and O–H groups in total. The maximum atomic E-state index is 7.26. The first-order valence-electron chi connectivity index (χ1n) is 24.1. The number of hydrogen-bond acceptors (Lipinski definition) is 4. The topological polar surface area (TPSA) is 32.5 Å². The summed E-state index contributed by atoms with van der Waals surface area (Å²) in [5, 5.41) is 0. The summed E-state index contributed by atoms with van der Waals surface area (Å²) in [6.45, 7) is 27.0. The van der Waals surface area contributed by atoms with Gasteiger partial charge in [-0.25, -0.2) is 0 Å².